The van der Waals surface area contributed by atoms with E-state index in [1.165, 1.54) is 18.9 Å². The number of hydrogen-bond donors (Lipinski definition) is 1. The van der Waals surface area contributed by atoms with Crippen LogP contribution in [0.25, 0.3) is 16.5 Å². The molecule has 0 spiro atoms. The minimum Gasteiger partial charge on any atom is -0.493 e. The van der Waals surface area contributed by atoms with Crippen molar-refractivity contribution >= 4 is 23.0 Å². The molecule has 2 heterocycles. The molecule has 4 rings (SSSR count). The molecule has 0 aliphatic carbocycles. The van der Waals surface area contributed by atoms with Crippen LogP contribution in [0.5, 0.6) is 11.5 Å². The van der Waals surface area contributed by atoms with Crippen LogP contribution in [0.3, 0.4) is 0 Å². The Morgan fingerprint density at radius 2 is 1.90 bits per heavy atom. The molecule has 0 radical (unpaired) electrons. The SMILES string of the molecule is COc1ccc2cnn(CCc3n[nH]c(=S)n3-c3ccccc3)c(=O)c2c1OC. The Morgan fingerprint density at radius 1 is 1.10 bits per heavy atom. The van der Waals surface area contributed by atoms with Gasteiger partial charge in [-0.05, 0) is 36.5 Å². The van der Waals surface area contributed by atoms with E-state index < -0.39 is 0 Å². The summed E-state index contributed by atoms with van der Waals surface area (Å²) in [5.74, 6) is 1.62. The summed E-state index contributed by atoms with van der Waals surface area (Å²) >= 11 is 5.37. The van der Waals surface area contributed by atoms with Crippen molar-refractivity contribution in [3.8, 4) is 17.2 Å². The molecule has 29 heavy (non-hydrogen) atoms. The van der Waals surface area contributed by atoms with Gasteiger partial charge in [-0.15, -0.1) is 0 Å². The lowest BCUT2D eigenvalue weighted by Crippen LogP contribution is -2.24. The van der Waals surface area contributed by atoms with E-state index in [4.69, 9.17) is 21.7 Å². The van der Waals surface area contributed by atoms with Gasteiger partial charge in [0, 0.05) is 17.5 Å². The molecule has 1 N–H and O–H groups in total. The molecule has 0 fully saturated rings. The lowest BCUT2D eigenvalue weighted by atomic mass is 10.1. The number of nitrogens with one attached hydrogen (secondary N) is 1. The van der Waals surface area contributed by atoms with Crippen LogP contribution in [0.15, 0.2) is 53.5 Å². The first-order valence-electron chi connectivity index (χ1n) is 8.96. The zero-order valence-electron chi connectivity index (χ0n) is 16.0. The molecule has 0 amide bonds. The zero-order valence-corrected chi connectivity index (χ0v) is 16.8. The van der Waals surface area contributed by atoms with Gasteiger partial charge in [0.2, 0.25) is 0 Å². The van der Waals surface area contributed by atoms with Crippen LogP contribution in [0.1, 0.15) is 5.82 Å². The fourth-order valence-electron chi connectivity index (χ4n) is 3.29. The fraction of sp³-hybridized carbons (Fsp3) is 0.200. The van der Waals surface area contributed by atoms with Crippen molar-refractivity contribution < 1.29 is 9.47 Å². The Morgan fingerprint density at radius 3 is 2.62 bits per heavy atom. The second-order valence-corrected chi connectivity index (χ2v) is 6.69. The second kappa shape index (κ2) is 7.88. The average Bonchev–Trinajstić information content (AvgIpc) is 3.13. The van der Waals surface area contributed by atoms with Gasteiger partial charge < -0.3 is 9.47 Å². The highest BCUT2D eigenvalue weighted by atomic mass is 32.1. The number of para-hydroxylation sites is 1. The summed E-state index contributed by atoms with van der Waals surface area (Å²) in [5, 5.41) is 12.6. The van der Waals surface area contributed by atoms with Gasteiger partial charge in [0.15, 0.2) is 16.3 Å². The monoisotopic (exact) mass is 409 g/mol. The van der Waals surface area contributed by atoms with E-state index >= 15 is 0 Å². The highest BCUT2D eigenvalue weighted by Crippen LogP contribution is 2.32. The van der Waals surface area contributed by atoms with E-state index in [1.54, 1.807) is 18.3 Å². The predicted molar refractivity (Wildman–Crippen MR) is 112 cm³/mol. The molecule has 4 aromatic rings. The maximum atomic E-state index is 13.1. The summed E-state index contributed by atoms with van der Waals surface area (Å²) in [6, 6.07) is 13.2. The lowest BCUT2D eigenvalue weighted by molar-refractivity contribution is 0.358. The number of benzene rings is 2. The molecule has 0 atom stereocenters. The molecule has 2 aromatic heterocycles. The number of aromatic nitrogens is 5. The minimum atomic E-state index is -0.251. The molecule has 8 nitrogen and oxygen atoms in total. The number of hydrogen-bond acceptors (Lipinski definition) is 6. The number of nitrogens with zero attached hydrogens (tertiary/aromatic N) is 4. The summed E-state index contributed by atoms with van der Waals surface area (Å²) in [6.45, 7) is 0.335. The quantitative estimate of drug-likeness (QED) is 0.493. The van der Waals surface area contributed by atoms with Crippen LogP contribution < -0.4 is 15.0 Å². The maximum absolute atomic E-state index is 13.1. The van der Waals surface area contributed by atoms with Crippen molar-refractivity contribution in [2.24, 2.45) is 0 Å². The Bertz CT molecular complexity index is 1280. The van der Waals surface area contributed by atoms with Crippen molar-refractivity contribution in [1.82, 2.24) is 24.5 Å². The van der Waals surface area contributed by atoms with E-state index in [-0.39, 0.29) is 5.56 Å². The highest BCUT2D eigenvalue weighted by molar-refractivity contribution is 7.71. The third-order valence-electron chi connectivity index (χ3n) is 4.67. The first kappa shape index (κ1) is 18.9. The average molecular weight is 409 g/mol. The van der Waals surface area contributed by atoms with Crippen LogP contribution in [0.4, 0.5) is 0 Å². The van der Waals surface area contributed by atoms with Gasteiger partial charge in [-0.1, -0.05) is 18.2 Å². The van der Waals surface area contributed by atoms with Crippen molar-refractivity contribution in [2.45, 2.75) is 13.0 Å². The summed E-state index contributed by atoms with van der Waals surface area (Å²) in [4.78, 5) is 13.1. The molecule has 0 aliphatic heterocycles. The molecule has 148 valence electrons. The number of aryl methyl sites for hydroxylation is 2. The molecular weight excluding hydrogens is 390 g/mol. The highest BCUT2D eigenvalue weighted by Gasteiger charge is 2.15. The Kier molecular flexibility index (Phi) is 5.13. The summed E-state index contributed by atoms with van der Waals surface area (Å²) in [7, 11) is 3.05. The number of fused-ring (bicyclic) bond motifs is 1. The smallest absolute Gasteiger partial charge is 0.278 e. The standard InChI is InChI=1S/C20H19N5O3S/c1-27-15-9-8-13-12-21-24(19(26)17(13)18(15)28-2)11-10-16-22-23-20(29)25(16)14-6-4-3-5-7-14/h3-9,12H,10-11H2,1-2H3,(H,23,29). The number of H-pyrrole nitrogens is 1. The predicted octanol–water partition coefficient (Wildman–Crippen LogP) is 2.90. The van der Waals surface area contributed by atoms with Gasteiger partial charge >= 0.3 is 0 Å². The van der Waals surface area contributed by atoms with Crippen LogP contribution >= 0.6 is 12.2 Å². The third-order valence-corrected chi connectivity index (χ3v) is 4.94. The van der Waals surface area contributed by atoms with E-state index in [0.29, 0.717) is 45.8 Å². The molecule has 0 saturated heterocycles. The number of methoxy groups -OCH3 is 2. The maximum Gasteiger partial charge on any atom is 0.278 e. The van der Waals surface area contributed by atoms with Crippen molar-refractivity contribution in [3.05, 3.63) is 69.6 Å². The Balaban J connectivity index is 1.71. The molecule has 2 aromatic carbocycles. The minimum absolute atomic E-state index is 0.251. The molecule has 0 bridgehead atoms. The van der Waals surface area contributed by atoms with Gasteiger partial charge in [0.1, 0.15) is 5.82 Å². The number of rotatable bonds is 6. The van der Waals surface area contributed by atoms with Gasteiger partial charge in [0.25, 0.3) is 5.56 Å². The summed E-state index contributed by atoms with van der Waals surface area (Å²) < 4.78 is 14.5. The second-order valence-electron chi connectivity index (χ2n) is 6.30. The number of aromatic amines is 1. The zero-order chi connectivity index (χ0) is 20.4. The molecule has 0 saturated carbocycles. The molecular formula is C20H19N5O3S. The summed E-state index contributed by atoms with van der Waals surface area (Å²) in [6.07, 6.45) is 2.11. The van der Waals surface area contributed by atoms with Crippen LogP contribution in [0, 0.1) is 4.77 Å². The van der Waals surface area contributed by atoms with Crippen molar-refractivity contribution in [3.63, 3.8) is 0 Å². The van der Waals surface area contributed by atoms with Gasteiger partial charge in [-0.25, -0.2) is 4.68 Å². The van der Waals surface area contributed by atoms with Crippen molar-refractivity contribution in [2.75, 3.05) is 14.2 Å². The van der Waals surface area contributed by atoms with Crippen molar-refractivity contribution in [1.29, 1.82) is 0 Å². The molecule has 0 unspecified atom stereocenters. The third kappa shape index (κ3) is 3.40. The van der Waals surface area contributed by atoms with Gasteiger partial charge in [-0.3, -0.25) is 14.5 Å². The van der Waals surface area contributed by atoms with E-state index in [2.05, 4.69) is 15.3 Å². The lowest BCUT2D eigenvalue weighted by Gasteiger charge is -2.12. The number of ether oxygens (including phenoxy) is 2. The van der Waals surface area contributed by atoms with Crippen LogP contribution in [0.2, 0.25) is 0 Å². The van der Waals surface area contributed by atoms with E-state index in [9.17, 15) is 4.79 Å². The normalized spacial score (nSPS) is 11.0. The molecule has 0 aliphatic rings. The van der Waals surface area contributed by atoms with E-state index in [0.717, 1.165) is 5.69 Å². The Labute approximate surface area is 171 Å². The van der Waals surface area contributed by atoms with E-state index in [1.807, 2.05) is 34.9 Å². The van der Waals surface area contributed by atoms with Crippen LogP contribution in [-0.2, 0) is 13.0 Å². The van der Waals surface area contributed by atoms with Gasteiger partial charge in [-0.2, -0.15) is 10.2 Å². The Hall–Kier alpha value is -3.46. The molecule has 9 heteroatoms. The van der Waals surface area contributed by atoms with Crippen LogP contribution in [-0.4, -0.2) is 38.8 Å². The van der Waals surface area contributed by atoms with Gasteiger partial charge in [0.05, 0.1) is 32.3 Å². The topological polar surface area (TPSA) is 87.0 Å². The first-order valence-corrected chi connectivity index (χ1v) is 9.37. The fourth-order valence-corrected chi connectivity index (χ4v) is 3.55. The first-order chi connectivity index (χ1) is 14.1. The summed E-state index contributed by atoms with van der Waals surface area (Å²) in [5.41, 5.74) is 0.658. The largest absolute Gasteiger partial charge is 0.493 e.